The molecule has 1 aromatic carbocycles. The highest BCUT2D eigenvalue weighted by Gasteiger charge is 2.29. The molecule has 0 saturated heterocycles. The molecule has 0 radical (unpaired) electrons. The third-order valence-electron chi connectivity index (χ3n) is 3.63. The highest BCUT2D eigenvalue weighted by Crippen LogP contribution is 2.44. The van der Waals surface area contributed by atoms with Gasteiger partial charge < -0.3 is 10.1 Å². The predicted octanol–water partition coefficient (Wildman–Crippen LogP) is 4.26. The summed E-state index contributed by atoms with van der Waals surface area (Å²) in [6.45, 7) is 13.0. The lowest BCUT2D eigenvalue weighted by Gasteiger charge is -2.23. The van der Waals surface area contributed by atoms with Gasteiger partial charge in [0.05, 0.1) is 28.8 Å². The summed E-state index contributed by atoms with van der Waals surface area (Å²) in [5.74, 6) is 1.22. The van der Waals surface area contributed by atoms with Gasteiger partial charge in [-0.1, -0.05) is 37.4 Å². The van der Waals surface area contributed by atoms with Crippen LogP contribution in [-0.2, 0) is 9.53 Å². The smallest absolute Gasteiger partial charge is 0.230 e. The van der Waals surface area contributed by atoms with Crippen LogP contribution in [0.25, 0.3) is 5.57 Å². The minimum absolute atomic E-state index is 0.0631. The Morgan fingerprint density at radius 3 is 2.42 bits per heavy atom. The second-order valence-electron chi connectivity index (χ2n) is 5.51. The fourth-order valence-corrected chi connectivity index (χ4v) is 4.62. The Bertz CT molecular complexity index is 705. The number of hydrogen-bond acceptors (Lipinski definition) is 5. The van der Waals surface area contributed by atoms with Crippen LogP contribution in [0, 0.1) is 0 Å². The number of hydrogen-bond donors (Lipinski definition) is 1. The summed E-state index contributed by atoms with van der Waals surface area (Å²) in [7, 11) is 0. The van der Waals surface area contributed by atoms with Crippen molar-refractivity contribution in [1.29, 1.82) is 0 Å². The number of ether oxygens (including phenoxy) is 1. The van der Waals surface area contributed by atoms with E-state index in [4.69, 9.17) is 4.74 Å². The number of Topliss-reactive ketones (excluding diaryl/α,β-unsaturated/α-hetero) is 1. The number of rotatable bonds is 9. The molecule has 0 fully saturated rings. The van der Waals surface area contributed by atoms with Crippen LogP contribution in [-0.4, -0.2) is 36.3 Å². The van der Waals surface area contributed by atoms with Crippen molar-refractivity contribution in [2.75, 3.05) is 24.7 Å². The largest absolute Gasteiger partial charge is 0.498 e. The van der Waals surface area contributed by atoms with Crippen molar-refractivity contribution >= 4 is 40.8 Å². The number of nitrogens with one attached hydrogen (secondary N) is 1. The fourth-order valence-electron chi connectivity index (χ4n) is 2.50. The van der Waals surface area contributed by atoms with Crippen molar-refractivity contribution in [1.82, 2.24) is 5.32 Å². The van der Waals surface area contributed by atoms with Crippen LogP contribution in [0.15, 0.2) is 53.0 Å². The Labute approximate surface area is 163 Å². The molecule has 1 aliphatic rings. The van der Waals surface area contributed by atoms with Crippen LogP contribution in [0.4, 0.5) is 0 Å². The lowest BCUT2D eigenvalue weighted by molar-refractivity contribution is -0.118. The van der Waals surface area contributed by atoms with E-state index in [1.807, 2.05) is 32.0 Å². The van der Waals surface area contributed by atoms with Gasteiger partial charge in [0.1, 0.15) is 0 Å². The summed E-state index contributed by atoms with van der Waals surface area (Å²) in [4.78, 5) is 26.2. The molecular formula is C20H23NO3S2. The minimum Gasteiger partial charge on any atom is -0.498 e. The Morgan fingerprint density at radius 2 is 1.77 bits per heavy atom. The molecule has 2 rings (SSSR count). The van der Waals surface area contributed by atoms with Crippen molar-refractivity contribution < 1.29 is 14.3 Å². The van der Waals surface area contributed by atoms with Crippen LogP contribution in [0.2, 0.25) is 0 Å². The maximum Gasteiger partial charge on any atom is 0.230 e. The van der Waals surface area contributed by atoms with E-state index in [2.05, 4.69) is 18.5 Å². The lowest BCUT2D eigenvalue weighted by Crippen LogP contribution is -2.25. The van der Waals surface area contributed by atoms with E-state index >= 15 is 0 Å². The highest BCUT2D eigenvalue weighted by atomic mass is 32.2. The highest BCUT2D eigenvalue weighted by molar-refractivity contribution is 8.08. The molecule has 4 nitrogen and oxygen atoms in total. The second kappa shape index (κ2) is 9.69. The molecule has 0 heterocycles. The van der Waals surface area contributed by atoms with Gasteiger partial charge in [-0.3, -0.25) is 9.59 Å². The van der Waals surface area contributed by atoms with E-state index in [1.54, 1.807) is 6.07 Å². The number of carbonyl (C=O) groups is 2. The topological polar surface area (TPSA) is 55.4 Å². The van der Waals surface area contributed by atoms with Crippen molar-refractivity contribution in [3.8, 4) is 0 Å². The van der Waals surface area contributed by atoms with Gasteiger partial charge in [0.15, 0.2) is 0 Å². The van der Waals surface area contributed by atoms with E-state index in [9.17, 15) is 9.59 Å². The third-order valence-corrected chi connectivity index (χ3v) is 6.05. The fraction of sp³-hybridized carbons (Fsp3) is 0.300. The van der Waals surface area contributed by atoms with Gasteiger partial charge in [-0.15, -0.1) is 23.5 Å². The van der Waals surface area contributed by atoms with Crippen LogP contribution >= 0.6 is 23.5 Å². The zero-order valence-corrected chi connectivity index (χ0v) is 16.7. The number of carbonyl (C=O) groups excluding carboxylic acids is 2. The molecule has 0 atom stereocenters. The van der Waals surface area contributed by atoms with E-state index in [-0.39, 0.29) is 17.4 Å². The average Bonchev–Trinajstić information content (AvgIpc) is 2.63. The molecule has 0 bridgehead atoms. The number of allylic oxidation sites excluding steroid dienone is 2. The lowest BCUT2D eigenvalue weighted by atomic mass is 9.92. The van der Waals surface area contributed by atoms with Crippen LogP contribution in [0.3, 0.4) is 0 Å². The van der Waals surface area contributed by atoms with Gasteiger partial charge >= 0.3 is 0 Å². The van der Waals surface area contributed by atoms with Crippen LogP contribution in [0.1, 0.15) is 29.8 Å². The quantitative estimate of drug-likeness (QED) is 0.640. The molecule has 0 saturated carbocycles. The molecule has 0 aliphatic heterocycles. The van der Waals surface area contributed by atoms with Gasteiger partial charge in [-0.05, 0) is 25.0 Å². The summed E-state index contributed by atoms with van der Waals surface area (Å²) in [6, 6.07) is 7.44. The SMILES string of the molecule is C=C(CSC1=C(SCC(=O)NCC)C(=O)c2ccccc2C1=C)OCC. The molecule has 6 heteroatoms. The number of fused-ring (bicyclic) bond motifs is 1. The number of benzene rings is 1. The first kappa shape index (κ1) is 20.4. The molecule has 1 amide bonds. The molecule has 26 heavy (non-hydrogen) atoms. The van der Waals surface area contributed by atoms with Crippen LogP contribution in [0.5, 0.6) is 0 Å². The van der Waals surface area contributed by atoms with Gasteiger partial charge in [-0.2, -0.15) is 0 Å². The van der Waals surface area contributed by atoms with Crippen molar-refractivity contribution in [3.63, 3.8) is 0 Å². The summed E-state index contributed by atoms with van der Waals surface area (Å²) >= 11 is 2.74. The zero-order chi connectivity index (χ0) is 19.1. The monoisotopic (exact) mass is 389 g/mol. The van der Waals surface area contributed by atoms with E-state index in [1.165, 1.54) is 23.5 Å². The van der Waals surface area contributed by atoms with Crippen molar-refractivity contribution in [2.45, 2.75) is 13.8 Å². The van der Waals surface area contributed by atoms with Gasteiger partial charge in [0, 0.05) is 17.0 Å². The normalized spacial score (nSPS) is 13.5. The Hall–Kier alpha value is -1.92. The first-order chi connectivity index (χ1) is 12.5. The molecule has 1 N–H and O–H groups in total. The van der Waals surface area contributed by atoms with E-state index in [0.717, 1.165) is 16.0 Å². The standard InChI is InChI=1S/C20H23NO3S2/c1-5-21-17(22)12-26-20-18(23)16-10-8-7-9-15(16)14(4)19(20)25-11-13(3)24-6-2/h7-10H,3-6,11-12H2,1-2H3,(H,21,22). The average molecular weight is 390 g/mol. The maximum absolute atomic E-state index is 13.0. The molecule has 0 unspecified atom stereocenters. The summed E-state index contributed by atoms with van der Waals surface area (Å²) in [6.07, 6.45) is 0. The number of ketones is 1. The first-order valence-electron chi connectivity index (χ1n) is 8.40. The van der Waals surface area contributed by atoms with Crippen LogP contribution < -0.4 is 5.32 Å². The Morgan fingerprint density at radius 1 is 1.12 bits per heavy atom. The predicted molar refractivity (Wildman–Crippen MR) is 111 cm³/mol. The van der Waals surface area contributed by atoms with Gasteiger partial charge in [0.2, 0.25) is 11.7 Å². The summed E-state index contributed by atoms with van der Waals surface area (Å²) in [5.41, 5.74) is 2.26. The van der Waals surface area contributed by atoms with E-state index < -0.39 is 0 Å². The molecule has 0 aromatic heterocycles. The van der Waals surface area contributed by atoms with Gasteiger partial charge in [-0.25, -0.2) is 0 Å². The molecule has 138 valence electrons. The summed E-state index contributed by atoms with van der Waals surface area (Å²) < 4.78 is 5.41. The Balaban J connectivity index is 2.30. The minimum atomic E-state index is -0.0923. The van der Waals surface area contributed by atoms with Crippen molar-refractivity contribution in [2.24, 2.45) is 0 Å². The third kappa shape index (κ3) is 4.83. The number of thioether (sulfide) groups is 2. The van der Waals surface area contributed by atoms with Crippen molar-refractivity contribution in [3.05, 3.63) is 64.1 Å². The molecule has 1 aliphatic carbocycles. The second-order valence-corrected chi connectivity index (χ2v) is 7.49. The Kier molecular flexibility index (Phi) is 7.60. The molecular weight excluding hydrogens is 366 g/mol. The summed E-state index contributed by atoms with van der Waals surface area (Å²) in [5, 5.41) is 2.76. The zero-order valence-electron chi connectivity index (χ0n) is 15.1. The molecule has 1 aromatic rings. The van der Waals surface area contributed by atoms with E-state index in [0.29, 0.717) is 35.1 Å². The van der Waals surface area contributed by atoms with Gasteiger partial charge in [0.25, 0.3) is 0 Å². The molecule has 0 spiro atoms. The number of amides is 1. The maximum atomic E-state index is 13.0. The first-order valence-corrected chi connectivity index (χ1v) is 10.4.